The predicted octanol–water partition coefficient (Wildman–Crippen LogP) is 2.41. The number of para-hydroxylation sites is 1. The summed E-state index contributed by atoms with van der Waals surface area (Å²) in [7, 11) is 2.12. The zero-order valence-corrected chi connectivity index (χ0v) is 16.8. The van der Waals surface area contributed by atoms with Crippen LogP contribution in [0, 0.1) is 5.92 Å². The van der Waals surface area contributed by atoms with Gasteiger partial charge in [0.05, 0.1) is 19.3 Å². The first-order valence-electron chi connectivity index (χ1n) is 10.2. The highest BCUT2D eigenvalue weighted by molar-refractivity contribution is 6.08. The summed E-state index contributed by atoms with van der Waals surface area (Å²) in [6, 6.07) is 8.12. The van der Waals surface area contributed by atoms with E-state index in [0.29, 0.717) is 32.1 Å². The van der Waals surface area contributed by atoms with Gasteiger partial charge in [-0.25, -0.2) is 0 Å². The topological polar surface area (TPSA) is 54.8 Å². The Morgan fingerprint density at radius 1 is 1.14 bits per heavy atom. The van der Waals surface area contributed by atoms with E-state index >= 15 is 0 Å². The molecule has 1 amide bonds. The highest BCUT2D eigenvalue weighted by atomic mass is 16.5. The zero-order chi connectivity index (χ0) is 19.7. The van der Waals surface area contributed by atoms with Gasteiger partial charge in [0, 0.05) is 54.6 Å². The van der Waals surface area contributed by atoms with E-state index in [1.165, 1.54) is 0 Å². The summed E-state index contributed by atoms with van der Waals surface area (Å²) >= 11 is 0. The van der Waals surface area contributed by atoms with E-state index in [1.54, 1.807) is 0 Å². The van der Waals surface area contributed by atoms with Crippen molar-refractivity contribution in [3.05, 3.63) is 36.0 Å². The SMILES string of the molecule is CCCC(=O)c1cn(CC(=O)N2C[C@@H]3COC[C@H](C2)N(C)C3)c2ccccc12. The number of aromatic nitrogens is 1. The molecule has 2 atom stereocenters. The van der Waals surface area contributed by atoms with Crippen molar-refractivity contribution in [2.24, 2.45) is 5.92 Å². The van der Waals surface area contributed by atoms with Crippen molar-refractivity contribution in [2.75, 3.05) is 39.9 Å². The molecule has 2 aliphatic rings. The molecule has 2 saturated heterocycles. The minimum atomic E-state index is 0.113. The number of likely N-dealkylation sites (N-methyl/N-ethyl adjacent to an activating group) is 1. The van der Waals surface area contributed by atoms with Gasteiger partial charge in [-0.2, -0.15) is 0 Å². The van der Waals surface area contributed by atoms with Gasteiger partial charge >= 0.3 is 0 Å². The summed E-state index contributed by atoms with van der Waals surface area (Å²) in [4.78, 5) is 30.0. The minimum absolute atomic E-state index is 0.113. The number of carbonyl (C=O) groups is 2. The van der Waals surface area contributed by atoms with Gasteiger partial charge in [-0.15, -0.1) is 0 Å². The van der Waals surface area contributed by atoms with E-state index in [0.717, 1.165) is 36.0 Å². The molecular formula is C22H29N3O3. The monoisotopic (exact) mass is 383 g/mol. The molecule has 4 rings (SSSR count). The van der Waals surface area contributed by atoms with Gasteiger partial charge in [0.2, 0.25) is 5.91 Å². The number of nitrogens with zero attached hydrogens (tertiary/aromatic N) is 3. The molecule has 6 heteroatoms. The molecule has 0 aliphatic carbocycles. The second kappa shape index (κ2) is 8.05. The standard InChI is InChI=1S/C22H29N3O3/c1-3-6-21(26)19-12-24(20-8-5-4-7-18(19)20)13-22(27)25-10-16-9-23(2)17(11-25)15-28-14-16/h4-5,7-8,12,16-17H,3,6,9-11,13-15H2,1-2H3/t16-,17+/m1/s1. The molecular weight excluding hydrogens is 354 g/mol. The number of carbonyl (C=O) groups excluding carboxylic acids is 2. The van der Waals surface area contributed by atoms with Crippen molar-refractivity contribution < 1.29 is 14.3 Å². The van der Waals surface area contributed by atoms with Crippen LogP contribution < -0.4 is 0 Å². The van der Waals surface area contributed by atoms with E-state index in [9.17, 15) is 9.59 Å². The lowest BCUT2D eigenvalue weighted by atomic mass is 10.1. The first kappa shape index (κ1) is 19.2. The first-order valence-corrected chi connectivity index (χ1v) is 10.2. The maximum Gasteiger partial charge on any atom is 0.242 e. The largest absolute Gasteiger partial charge is 0.379 e. The Labute approximate surface area is 166 Å². The zero-order valence-electron chi connectivity index (χ0n) is 16.8. The summed E-state index contributed by atoms with van der Waals surface area (Å²) in [5.74, 6) is 0.611. The second-order valence-corrected chi connectivity index (χ2v) is 8.16. The number of amides is 1. The highest BCUT2D eigenvalue weighted by Crippen LogP contribution is 2.24. The molecule has 1 aromatic heterocycles. The van der Waals surface area contributed by atoms with Gasteiger partial charge in [0.25, 0.3) is 0 Å². The van der Waals surface area contributed by atoms with Crippen LogP contribution in [0.1, 0.15) is 30.1 Å². The quantitative estimate of drug-likeness (QED) is 0.744. The number of ether oxygens (including phenoxy) is 1. The minimum Gasteiger partial charge on any atom is -0.379 e. The van der Waals surface area contributed by atoms with Gasteiger partial charge in [-0.1, -0.05) is 25.1 Å². The molecule has 0 spiro atoms. The fourth-order valence-corrected chi connectivity index (χ4v) is 4.46. The van der Waals surface area contributed by atoms with Gasteiger partial charge in [-0.05, 0) is 19.5 Å². The smallest absolute Gasteiger partial charge is 0.242 e. The number of ketones is 1. The fraction of sp³-hybridized carbons (Fsp3) is 0.545. The van der Waals surface area contributed by atoms with Gasteiger partial charge in [0.15, 0.2) is 5.78 Å². The molecule has 2 aromatic rings. The third kappa shape index (κ3) is 3.71. The maximum atomic E-state index is 13.2. The van der Waals surface area contributed by atoms with Crippen LogP contribution in [-0.2, 0) is 16.1 Å². The van der Waals surface area contributed by atoms with Crippen molar-refractivity contribution in [2.45, 2.75) is 32.4 Å². The lowest BCUT2D eigenvalue weighted by molar-refractivity contribution is -0.133. The molecule has 0 unspecified atom stereocenters. The van der Waals surface area contributed by atoms with Gasteiger partial charge < -0.3 is 14.2 Å². The molecule has 1 aromatic carbocycles. The summed E-state index contributed by atoms with van der Waals surface area (Å²) in [5, 5.41) is 0.939. The summed E-state index contributed by atoms with van der Waals surface area (Å²) in [6.07, 6.45) is 3.22. The van der Waals surface area contributed by atoms with E-state index < -0.39 is 0 Å². The molecule has 3 heterocycles. The molecule has 2 fully saturated rings. The predicted molar refractivity (Wildman–Crippen MR) is 108 cm³/mol. The van der Waals surface area contributed by atoms with E-state index in [2.05, 4.69) is 11.9 Å². The van der Waals surface area contributed by atoms with E-state index in [-0.39, 0.29) is 24.3 Å². The molecule has 2 aliphatic heterocycles. The maximum absolute atomic E-state index is 13.2. The average molecular weight is 383 g/mol. The van der Waals surface area contributed by atoms with Gasteiger partial charge in [-0.3, -0.25) is 14.5 Å². The molecule has 150 valence electrons. The third-order valence-corrected chi connectivity index (χ3v) is 5.97. The Morgan fingerprint density at radius 2 is 1.96 bits per heavy atom. The van der Waals surface area contributed by atoms with Gasteiger partial charge in [0.1, 0.15) is 6.54 Å². The van der Waals surface area contributed by atoms with Crippen LogP contribution in [-0.4, -0.2) is 72.0 Å². The Bertz CT molecular complexity index is 875. The Hall–Kier alpha value is -2.18. The Balaban J connectivity index is 1.58. The summed E-state index contributed by atoms with van der Waals surface area (Å²) in [6.45, 7) is 6.08. The lowest BCUT2D eigenvalue weighted by Crippen LogP contribution is -2.45. The lowest BCUT2D eigenvalue weighted by Gasteiger charge is -2.30. The number of rotatable bonds is 5. The molecule has 0 radical (unpaired) electrons. The van der Waals surface area contributed by atoms with Crippen molar-refractivity contribution in [1.29, 1.82) is 0 Å². The first-order chi connectivity index (χ1) is 13.6. The van der Waals surface area contributed by atoms with Crippen LogP contribution in [0.3, 0.4) is 0 Å². The summed E-state index contributed by atoms with van der Waals surface area (Å²) < 4.78 is 7.71. The van der Waals surface area contributed by atoms with Crippen molar-refractivity contribution >= 4 is 22.6 Å². The van der Waals surface area contributed by atoms with Crippen LogP contribution in [0.15, 0.2) is 30.5 Å². The number of fused-ring (bicyclic) bond motifs is 4. The van der Waals surface area contributed by atoms with Crippen molar-refractivity contribution in [3.8, 4) is 0 Å². The summed E-state index contributed by atoms with van der Waals surface area (Å²) in [5.41, 5.74) is 1.68. The fourth-order valence-electron chi connectivity index (χ4n) is 4.46. The highest BCUT2D eigenvalue weighted by Gasteiger charge is 2.33. The third-order valence-electron chi connectivity index (χ3n) is 5.97. The second-order valence-electron chi connectivity index (χ2n) is 8.16. The number of Topliss-reactive ketones (excluding diaryl/α,β-unsaturated/α-hetero) is 1. The molecule has 28 heavy (non-hydrogen) atoms. The normalized spacial score (nSPS) is 23.0. The van der Waals surface area contributed by atoms with Crippen LogP contribution in [0.25, 0.3) is 10.9 Å². The number of benzene rings is 1. The molecule has 6 nitrogen and oxygen atoms in total. The number of hydrogen-bond donors (Lipinski definition) is 0. The van der Waals surface area contributed by atoms with Crippen molar-refractivity contribution in [3.63, 3.8) is 0 Å². The Morgan fingerprint density at radius 3 is 2.79 bits per heavy atom. The van der Waals surface area contributed by atoms with Crippen molar-refractivity contribution in [1.82, 2.24) is 14.4 Å². The molecule has 2 bridgehead atoms. The molecule has 0 N–H and O–H groups in total. The average Bonchev–Trinajstić information content (AvgIpc) is 2.81. The van der Waals surface area contributed by atoms with Crippen LogP contribution >= 0.6 is 0 Å². The van der Waals surface area contributed by atoms with Crippen LogP contribution in [0.5, 0.6) is 0 Å². The van der Waals surface area contributed by atoms with E-state index in [1.807, 2.05) is 46.9 Å². The van der Waals surface area contributed by atoms with E-state index in [4.69, 9.17) is 4.74 Å². The van der Waals surface area contributed by atoms with Crippen LogP contribution in [0.4, 0.5) is 0 Å². The number of hydrogen-bond acceptors (Lipinski definition) is 4. The molecule has 0 saturated carbocycles. The Kier molecular flexibility index (Phi) is 5.51. The van der Waals surface area contributed by atoms with Crippen LogP contribution in [0.2, 0.25) is 0 Å².